The van der Waals surface area contributed by atoms with Gasteiger partial charge in [-0.2, -0.15) is 0 Å². The molecule has 0 aliphatic heterocycles. The largest absolute Gasteiger partial charge is 0.497 e. The highest BCUT2D eigenvalue weighted by molar-refractivity contribution is 8.00. The molecule has 2 aromatic heterocycles. The molecule has 0 radical (unpaired) electrons. The first-order valence-corrected chi connectivity index (χ1v) is 11.8. The van der Waals surface area contributed by atoms with Gasteiger partial charge in [0.15, 0.2) is 16.1 Å². The van der Waals surface area contributed by atoms with Crippen molar-refractivity contribution in [3.63, 3.8) is 0 Å². The fourth-order valence-corrected chi connectivity index (χ4v) is 4.49. The molecule has 3 rings (SSSR count). The summed E-state index contributed by atoms with van der Waals surface area (Å²) in [5.74, 6) is 0.444. The first-order chi connectivity index (χ1) is 15.7. The van der Waals surface area contributed by atoms with Crippen molar-refractivity contribution < 1.29 is 19.4 Å². The maximum Gasteiger partial charge on any atom is 0.251 e. The van der Waals surface area contributed by atoms with Gasteiger partial charge >= 0.3 is 0 Å². The van der Waals surface area contributed by atoms with E-state index in [1.165, 1.54) is 23.1 Å². The smallest absolute Gasteiger partial charge is 0.251 e. The number of aliphatic hydroxyl groups excluding tert-OH is 1. The lowest BCUT2D eigenvalue weighted by molar-refractivity contribution is -0.115. The van der Waals surface area contributed by atoms with Crippen molar-refractivity contribution in [2.24, 2.45) is 7.05 Å². The van der Waals surface area contributed by atoms with Gasteiger partial charge in [-0.05, 0) is 45.0 Å². The van der Waals surface area contributed by atoms with E-state index in [4.69, 9.17) is 4.74 Å². The Bertz CT molecular complexity index is 1110. The van der Waals surface area contributed by atoms with E-state index in [2.05, 4.69) is 25.8 Å². The summed E-state index contributed by atoms with van der Waals surface area (Å²) in [7, 11) is 3.27. The molecule has 1 aromatic carbocycles. The Hall–Kier alpha value is -2.96. The van der Waals surface area contributed by atoms with Gasteiger partial charge in [-0.3, -0.25) is 9.59 Å². The van der Waals surface area contributed by atoms with Crippen LogP contribution in [-0.2, 0) is 11.8 Å². The van der Waals surface area contributed by atoms with E-state index < -0.39 is 11.3 Å². The summed E-state index contributed by atoms with van der Waals surface area (Å²) in [5.41, 5.74) is 1.31. The second-order valence-electron chi connectivity index (χ2n) is 7.25. The molecule has 0 aliphatic rings. The molecule has 2 atom stereocenters. The number of aliphatic hydroxyl groups is 1. The number of hydrogen-bond acceptors (Lipinski definition) is 9. The lowest BCUT2D eigenvalue weighted by atomic mass is 10.2. The zero-order valence-corrected chi connectivity index (χ0v) is 20.6. The Morgan fingerprint density at radius 2 is 1.94 bits per heavy atom. The molecule has 12 heteroatoms. The van der Waals surface area contributed by atoms with E-state index in [-0.39, 0.29) is 18.4 Å². The van der Waals surface area contributed by atoms with Crippen molar-refractivity contribution >= 4 is 40.0 Å². The van der Waals surface area contributed by atoms with Crippen LogP contribution in [0.4, 0.5) is 5.13 Å². The van der Waals surface area contributed by atoms with E-state index in [1.54, 1.807) is 49.9 Å². The average Bonchev–Trinajstić information content (AvgIpc) is 3.32. The van der Waals surface area contributed by atoms with Crippen LogP contribution in [0.25, 0.3) is 0 Å². The molecule has 0 saturated heterocycles. The van der Waals surface area contributed by atoms with Crippen LogP contribution >= 0.6 is 23.1 Å². The molecule has 3 aromatic rings. The van der Waals surface area contributed by atoms with Gasteiger partial charge in [0.25, 0.3) is 5.91 Å². The minimum absolute atomic E-state index is 0.204. The summed E-state index contributed by atoms with van der Waals surface area (Å²) in [5, 5.41) is 24.3. The third-order valence-electron chi connectivity index (χ3n) is 4.93. The predicted octanol–water partition coefficient (Wildman–Crippen LogP) is 2.48. The maximum absolute atomic E-state index is 12.6. The van der Waals surface area contributed by atoms with E-state index in [9.17, 15) is 14.7 Å². The number of nitrogens with zero attached hydrogens (tertiary/aromatic N) is 4. The van der Waals surface area contributed by atoms with Crippen LogP contribution in [0.1, 0.15) is 39.7 Å². The first kappa shape index (κ1) is 24.7. The van der Waals surface area contributed by atoms with Gasteiger partial charge < -0.3 is 25.0 Å². The van der Waals surface area contributed by atoms with Crippen LogP contribution in [0, 0.1) is 13.8 Å². The van der Waals surface area contributed by atoms with Crippen LogP contribution < -0.4 is 15.4 Å². The molecule has 33 heavy (non-hydrogen) atoms. The summed E-state index contributed by atoms with van der Waals surface area (Å²) < 4.78 is 6.75. The lowest BCUT2D eigenvalue weighted by Gasteiger charge is -2.16. The molecule has 0 fully saturated rings. The molecule has 0 spiro atoms. The monoisotopic (exact) mass is 490 g/mol. The fraction of sp³-hybridized carbons (Fsp3) is 0.381. The molecule has 0 bridgehead atoms. The minimum Gasteiger partial charge on any atom is -0.497 e. The van der Waals surface area contributed by atoms with Crippen molar-refractivity contribution in [1.82, 2.24) is 25.1 Å². The summed E-state index contributed by atoms with van der Waals surface area (Å²) in [6, 6.07) is 5.86. The predicted molar refractivity (Wildman–Crippen MR) is 127 cm³/mol. The SMILES string of the molecule is COc1ccc(C(=O)N[C@@H](CO)c2nnc(S[C@H](C)C(=O)Nc3nc(C)c(C)s3)n2C)cc1. The van der Waals surface area contributed by atoms with Crippen LogP contribution in [0.2, 0.25) is 0 Å². The van der Waals surface area contributed by atoms with Gasteiger partial charge in [0.2, 0.25) is 5.91 Å². The number of hydrogen-bond donors (Lipinski definition) is 3. The number of anilines is 1. The maximum atomic E-state index is 12.6. The second-order valence-corrected chi connectivity index (χ2v) is 9.76. The quantitative estimate of drug-likeness (QED) is 0.390. The van der Waals surface area contributed by atoms with Gasteiger partial charge in [0, 0.05) is 17.5 Å². The van der Waals surface area contributed by atoms with Gasteiger partial charge in [0.1, 0.15) is 11.8 Å². The molecule has 2 heterocycles. The van der Waals surface area contributed by atoms with Gasteiger partial charge in [-0.1, -0.05) is 11.8 Å². The number of ether oxygens (including phenoxy) is 1. The van der Waals surface area contributed by atoms with Crippen molar-refractivity contribution in [2.45, 2.75) is 37.2 Å². The number of nitrogens with one attached hydrogen (secondary N) is 2. The zero-order valence-electron chi connectivity index (χ0n) is 18.9. The average molecular weight is 491 g/mol. The number of carbonyl (C=O) groups is 2. The van der Waals surface area contributed by atoms with Gasteiger partial charge in [-0.15, -0.1) is 21.5 Å². The molecular weight excluding hydrogens is 464 g/mol. The Balaban J connectivity index is 1.66. The molecular formula is C21H26N6O4S2. The first-order valence-electron chi connectivity index (χ1n) is 10.1. The van der Waals surface area contributed by atoms with Gasteiger partial charge in [0.05, 0.1) is 24.7 Å². The second kappa shape index (κ2) is 10.8. The number of aryl methyl sites for hydroxylation is 2. The minimum atomic E-state index is -0.767. The number of thioether (sulfide) groups is 1. The molecule has 0 aliphatic carbocycles. The molecule has 0 saturated carbocycles. The summed E-state index contributed by atoms with van der Waals surface area (Å²) in [6.07, 6.45) is 0. The van der Waals surface area contributed by atoms with Gasteiger partial charge in [-0.25, -0.2) is 4.98 Å². The van der Waals surface area contributed by atoms with Crippen LogP contribution in [0.5, 0.6) is 5.75 Å². The van der Waals surface area contributed by atoms with E-state index >= 15 is 0 Å². The Morgan fingerprint density at radius 3 is 2.52 bits per heavy atom. The molecule has 3 N–H and O–H groups in total. The van der Waals surface area contributed by atoms with Crippen LogP contribution in [0.3, 0.4) is 0 Å². The summed E-state index contributed by atoms with van der Waals surface area (Å²) in [6.45, 7) is 5.24. The number of methoxy groups -OCH3 is 1. The highest BCUT2D eigenvalue weighted by Gasteiger charge is 2.24. The lowest BCUT2D eigenvalue weighted by Crippen LogP contribution is -2.32. The molecule has 10 nitrogen and oxygen atoms in total. The topological polar surface area (TPSA) is 131 Å². The number of benzene rings is 1. The Morgan fingerprint density at radius 1 is 1.24 bits per heavy atom. The van der Waals surface area contributed by atoms with Crippen molar-refractivity contribution in [2.75, 3.05) is 19.0 Å². The van der Waals surface area contributed by atoms with E-state index in [0.717, 1.165) is 10.6 Å². The van der Waals surface area contributed by atoms with E-state index in [0.29, 0.717) is 27.4 Å². The molecule has 2 amide bonds. The molecule has 176 valence electrons. The third kappa shape index (κ3) is 5.89. The number of thiazole rings is 1. The summed E-state index contributed by atoms with van der Waals surface area (Å²) >= 11 is 2.65. The standard InChI is InChI=1S/C21H26N6O4S2/c1-11-12(2)32-20(22-11)24-18(29)13(3)33-21-26-25-17(27(21)4)16(10-28)23-19(30)14-6-8-15(31-5)9-7-14/h6-9,13,16,28H,10H2,1-5H3,(H,23,30)(H,22,24,29)/t13-,16+/m1/s1. The van der Waals surface area contributed by atoms with E-state index in [1.807, 2.05) is 13.8 Å². The third-order valence-corrected chi connectivity index (χ3v) is 7.05. The number of rotatable bonds is 9. The van der Waals surface area contributed by atoms with Crippen molar-refractivity contribution in [1.29, 1.82) is 0 Å². The molecule has 0 unspecified atom stereocenters. The Labute approximate surface area is 199 Å². The fourth-order valence-electron chi connectivity index (χ4n) is 2.85. The zero-order chi connectivity index (χ0) is 24.1. The Kier molecular flexibility index (Phi) is 8.06. The number of amides is 2. The van der Waals surface area contributed by atoms with Crippen molar-refractivity contribution in [3.05, 3.63) is 46.2 Å². The number of carbonyl (C=O) groups excluding carboxylic acids is 2. The highest BCUT2D eigenvalue weighted by Crippen LogP contribution is 2.26. The number of aromatic nitrogens is 4. The van der Waals surface area contributed by atoms with Crippen LogP contribution in [0.15, 0.2) is 29.4 Å². The normalized spacial score (nSPS) is 12.8. The summed E-state index contributed by atoms with van der Waals surface area (Å²) in [4.78, 5) is 30.5. The van der Waals surface area contributed by atoms with Crippen LogP contribution in [-0.4, -0.2) is 55.6 Å². The highest BCUT2D eigenvalue weighted by atomic mass is 32.2. The van der Waals surface area contributed by atoms with Crippen molar-refractivity contribution in [3.8, 4) is 5.75 Å².